The van der Waals surface area contributed by atoms with Crippen LogP contribution in [-0.2, 0) is 0 Å². The first-order chi connectivity index (χ1) is 8.08. The van der Waals surface area contributed by atoms with Crippen LogP contribution in [0.3, 0.4) is 0 Å². The smallest absolute Gasteiger partial charge is 0.323 e. The van der Waals surface area contributed by atoms with Gasteiger partial charge in [-0.05, 0) is 25.5 Å². The molecule has 4 nitrogen and oxygen atoms in total. The van der Waals surface area contributed by atoms with Crippen LogP contribution >= 0.6 is 11.6 Å². The highest BCUT2D eigenvalue weighted by Gasteiger charge is 2.09. The Labute approximate surface area is 106 Å². The van der Waals surface area contributed by atoms with Crippen molar-refractivity contribution in [3.63, 3.8) is 0 Å². The minimum atomic E-state index is -0.330. The van der Waals surface area contributed by atoms with Crippen LogP contribution in [0.1, 0.15) is 12.5 Å². The number of hydrogen-bond acceptors (Lipinski definition) is 2. The van der Waals surface area contributed by atoms with Crippen LogP contribution in [0.2, 0.25) is 5.02 Å². The summed E-state index contributed by atoms with van der Waals surface area (Å²) in [5.74, 6) is 0.524. The Hall–Kier alpha value is -1.68. The van der Waals surface area contributed by atoms with Crippen molar-refractivity contribution in [3.8, 4) is 5.75 Å². The summed E-state index contributed by atoms with van der Waals surface area (Å²) in [4.78, 5) is 11.5. The summed E-state index contributed by atoms with van der Waals surface area (Å²) in [5.41, 5.74) is 1.45. The third-order valence-corrected chi connectivity index (χ3v) is 2.52. The predicted octanol–water partition coefficient (Wildman–Crippen LogP) is 3.31. The molecule has 0 aliphatic heterocycles. The maximum absolute atomic E-state index is 11.5. The van der Waals surface area contributed by atoms with Gasteiger partial charge in [-0.1, -0.05) is 17.7 Å². The number of benzene rings is 1. The van der Waals surface area contributed by atoms with E-state index in [0.717, 1.165) is 5.56 Å². The minimum absolute atomic E-state index is 0.330. The topological polar surface area (TPSA) is 50.4 Å². The molecule has 1 aromatic carbocycles. The molecule has 0 bridgehead atoms. The Balaban J connectivity index is 2.89. The summed E-state index contributed by atoms with van der Waals surface area (Å²) >= 11 is 5.97. The number of urea groups is 1. The van der Waals surface area contributed by atoms with Crippen LogP contribution < -0.4 is 15.4 Å². The molecule has 2 N–H and O–H groups in total. The number of hydrogen-bond donors (Lipinski definition) is 2. The Kier molecular flexibility index (Phi) is 4.84. The van der Waals surface area contributed by atoms with E-state index in [0.29, 0.717) is 16.5 Å². The Morgan fingerprint density at radius 3 is 2.76 bits per heavy atom. The molecule has 0 radical (unpaired) electrons. The molecule has 0 saturated carbocycles. The van der Waals surface area contributed by atoms with Gasteiger partial charge < -0.3 is 15.4 Å². The van der Waals surface area contributed by atoms with E-state index in [-0.39, 0.29) is 6.03 Å². The molecule has 0 fully saturated rings. The zero-order valence-corrected chi connectivity index (χ0v) is 10.8. The summed E-state index contributed by atoms with van der Waals surface area (Å²) in [6, 6.07) is 3.10. The molecule has 0 aliphatic rings. The summed E-state index contributed by atoms with van der Waals surface area (Å²) in [6.07, 6.45) is 3.27. The molecule has 1 rings (SSSR count). The zero-order chi connectivity index (χ0) is 12.8. The maximum atomic E-state index is 11.5. The predicted molar refractivity (Wildman–Crippen MR) is 69.7 cm³/mol. The summed E-state index contributed by atoms with van der Waals surface area (Å²) in [7, 11) is 1.52. The first-order valence-corrected chi connectivity index (χ1v) is 5.49. The van der Waals surface area contributed by atoms with Crippen molar-refractivity contribution in [1.29, 1.82) is 0 Å². The fourth-order valence-electron chi connectivity index (χ4n) is 1.25. The summed E-state index contributed by atoms with van der Waals surface area (Å²) < 4.78 is 5.14. The van der Waals surface area contributed by atoms with Crippen molar-refractivity contribution in [2.24, 2.45) is 0 Å². The molecule has 92 valence electrons. The van der Waals surface area contributed by atoms with E-state index in [1.165, 1.54) is 7.11 Å². The molecule has 0 aromatic heterocycles. The molecule has 1 aromatic rings. The largest absolute Gasteiger partial charge is 0.495 e. The quantitative estimate of drug-likeness (QED) is 0.869. The number of aryl methyl sites for hydroxylation is 1. The Morgan fingerprint density at radius 1 is 1.47 bits per heavy atom. The number of halogens is 1. The molecular weight excluding hydrogens is 240 g/mol. The van der Waals surface area contributed by atoms with Crippen molar-refractivity contribution in [1.82, 2.24) is 5.32 Å². The second-order valence-electron chi connectivity index (χ2n) is 3.40. The van der Waals surface area contributed by atoms with Crippen LogP contribution in [0, 0.1) is 6.92 Å². The molecule has 17 heavy (non-hydrogen) atoms. The molecule has 5 heteroatoms. The highest BCUT2D eigenvalue weighted by Crippen LogP contribution is 2.30. The molecule has 0 spiro atoms. The first kappa shape index (κ1) is 13.4. The second-order valence-corrected chi connectivity index (χ2v) is 3.81. The lowest BCUT2D eigenvalue weighted by molar-refractivity contribution is 0.255. The first-order valence-electron chi connectivity index (χ1n) is 5.11. The highest BCUT2D eigenvalue weighted by atomic mass is 35.5. The lowest BCUT2D eigenvalue weighted by atomic mass is 10.2. The molecule has 2 amide bonds. The van der Waals surface area contributed by atoms with Crippen LogP contribution in [-0.4, -0.2) is 13.1 Å². The van der Waals surface area contributed by atoms with Gasteiger partial charge in [-0.3, -0.25) is 0 Å². The fourth-order valence-corrected chi connectivity index (χ4v) is 1.40. The van der Waals surface area contributed by atoms with E-state index >= 15 is 0 Å². The van der Waals surface area contributed by atoms with E-state index in [2.05, 4.69) is 10.6 Å². The number of methoxy groups -OCH3 is 1. The van der Waals surface area contributed by atoms with Gasteiger partial charge in [0.25, 0.3) is 0 Å². The normalized spacial score (nSPS) is 10.4. The number of ether oxygens (including phenoxy) is 1. The van der Waals surface area contributed by atoms with Crippen LogP contribution in [0.15, 0.2) is 24.4 Å². The van der Waals surface area contributed by atoms with E-state index in [1.54, 1.807) is 24.4 Å². The molecule has 0 heterocycles. The Morgan fingerprint density at radius 2 is 2.18 bits per heavy atom. The third-order valence-electron chi connectivity index (χ3n) is 2.11. The van der Waals surface area contributed by atoms with Gasteiger partial charge in [0, 0.05) is 17.3 Å². The number of allylic oxidation sites excluding steroid dienone is 1. The average molecular weight is 255 g/mol. The molecule has 0 unspecified atom stereocenters. The third kappa shape index (κ3) is 3.67. The van der Waals surface area contributed by atoms with Crippen LogP contribution in [0.4, 0.5) is 10.5 Å². The molecule has 0 atom stereocenters. The number of amides is 2. The lowest BCUT2D eigenvalue weighted by Gasteiger charge is -2.11. The van der Waals surface area contributed by atoms with Gasteiger partial charge in [0.05, 0.1) is 12.8 Å². The van der Waals surface area contributed by atoms with E-state index in [1.807, 2.05) is 13.8 Å². The standard InChI is InChI=1S/C12H15ClN2O2/c1-4-5-14-12(16)15-10-6-8(2)9(13)7-11(10)17-3/h4-7H,1-3H3,(H2,14,15,16)/b5-4+. The minimum Gasteiger partial charge on any atom is -0.495 e. The van der Waals surface area contributed by atoms with Crippen molar-refractivity contribution < 1.29 is 9.53 Å². The van der Waals surface area contributed by atoms with Crippen molar-refractivity contribution in [2.75, 3.05) is 12.4 Å². The van der Waals surface area contributed by atoms with Gasteiger partial charge in [-0.15, -0.1) is 0 Å². The number of rotatable bonds is 3. The van der Waals surface area contributed by atoms with Crippen molar-refractivity contribution in [3.05, 3.63) is 35.0 Å². The molecule has 0 saturated heterocycles. The van der Waals surface area contributed by atoms with E-state index in [9.17, 15) is 4.79 Å². The second kappa shape index (κ2) is 6.15. The van der Waals surface area contributed by atoms with Crippen LogP contribution in [0.5, 0.6) is 5.75 Å². The van der Waals surface area contributed by atoms with Gasteiger partial charge in [-0.2, -0.15) is 0 Å². The van der Waals surface area contributed by atoms with Gasteiger partial charge in [0.15, 0.2) is 0 Å². The van der Waals surface area contributed by atoms with Crippen LogP contribution in [0.25, 0.3) is 0 Å². The van der Waals surface area contributed by atoms with Gasteiger partial charge >= 0.3 is 6.03 Å². The fraction of sp³-hybridized carbons (Fsp3) is 0.250. The van der Waals surface area contributed by atoms with Crippen molar-refractivity contribution in [2.45, 2.75) is 13.8 Å². The van der Waals surface area contributed by atoms with E-state index < -0.39 is 0 Å². The lowest BCUT2D eigenvalue weighted by Crippen LogP contribution is -2.24. The zero-order valence-electron chi connectivity index (χ0n) is 10.0. The summed E-state index contributed by atoms with van der Waals surface area (Å²) in [5, 5.41) is 5.82. The molecule has 0 aliphatic carbocycles. The van der Waals surface area contributed by atoms with E-state index in [4.69, 9.17) is 16.3 Å². The molecular formula is C12H15ClN2O2. The van der Waals surface area contributed by atoms with Gasteiger partial charge in [-0.25, -0.2) is 4.79 Å². The number of anilines is 1. The van der Waals surface area contributed by atoms with Gasteiger partial charge in [0.1, 0.15) is 5.75 Å². The average Bonchev–Trinajstić information content (AvgIpc) is 2.31. The summed E-state index contributed by atoms with van der Waals surface area (Å²) in [6.45, 7) is 3.67. The number of carbonyl (C=O) groups excluding carboxylic acids is 1. The maximum Gasteiger partial charge on any atom is 0.323 e. The highest BCUT2D eigenvalue weighted by molar-refractivity contribution is 6.31. The SMILES string of the molecule is C/C=C/NC(=O)Nc1cc(C)c(Cl)cc1OC. The monoisotopic (exact) mass is 254 g/mol. The number of carbonyl (C=O) groups is 1. The number of nitrogens with one attached hydrogen (secondary N) is 2. The Bertz CT molecular complexity index is 444. The van der Waals surface area contributed by atoms with Gasteiger partial charge in [0.2, 0.25) is 0 Å². The van der Waals surface area contributed by atoms with Crippen molar-refractivity contribution >= 4 is 23.3 Å².